The Balaban J connectivity index is 1.96. The summed E-state index contributed by atoms with van der Waals surface area (Å²) in [5.41, 5.74) is 8.95. The predicted molar refractivity (Wildman–Crippen MR) is 79.5 cm³/mol. The zero-order valence-electron chi connectivity index (χ0n) is 10.8. The Morgan fingerprint density at radius 2 is 2.25 bits per heavy atom. The maximum absolute atomic E-state index is 13.5. The van der Waals surface area contributed by atoms with Crippen LogP contribution in [-0.4, -0.2) is 9.55 Å². The lowest BCUT2D eigenvalue weighted by molar-refractivity contribution is 0.509. The summed E-state index contributed by atoms with van der Waals surface area (Å²) in [5.74, 6) is 0.217. The van der Waals surface area contributed by atoms with Crippen molar-refractivity contribution < 1.29 is 4.39 Å². The van der Waals surface area contributed by atoms with E-state index in [1.54, 1.807) is 17.4 Å². The van der Waals surface area contributed by atoms with Gasteiger partial charge in [0.25, 0.3) is 0 Å². The van der Waals surface area contributed by atoms with Crippen molar-refractivity contribution in [1.29, 1.82) is 0 Å². The van der Waals surface area contributed by atoms with E-state index in [1.807, 2.05) is 4.57 Å². The van der Waals surface area contributed by atoms with Crippen molar-refractivity contribution >= 4 is 28.3 Å². The van der Waals surface area contributed by atoms with Crippen molar-refractivity contribution in [3.8, 4) is 0 Å². The zero-order chi connectivity index (χ0) is 13.7. The highest BCUT2D eigenvalue weighted by molar-refractivity contribution is 7.10. The SMILES string of the molecule is Nc1nc2ccc(F)cc2n1C1CCCc2sccc21. The lowest BCUT2D eigenvalue weighted by Gasteiger charge is -2.25. The highest BCUT2D eigenvalue weighted by Gasteiger charge is 2.25. The van der Waals surface area contributed by atoms with E-state index in [-0.39, 0.29) is 11.9 Å². The van der Waals surface area contributed by atoms with Crippen LogP contribution in [0.15, 0.2) is 29.6 Å². The molecule has 5 heteroatoms. The minimum absolute atomic E-state index is 0.178. The minimum atomic E-state index is -0.250. The van der Waals surface area contributed by atoms with Gasteiger partial charge in [0.2, 0.25) is 5.95 Å². The smallest absolute Gasteiger partial charge is 0.201 e. The molecule has 1 aliphatic carbocycles. The number of imidazole rings is 1. The Morgan fingerprint density at radius 1 is 1.35 bits per heavy atom. The number of fused-ring (bicyclic) bond motifs is 2. The van der Waals surface area contributed by atoms with E-state index in [0.717, 1.165) is 30.3 Å². The third-order valence-electron chi connectivity index (χ3n) is 4.01. The minimum Gasteiger partial charge on any atom is -0.369 e. The Morgan fingerprint density at radius 3 is 3.15 bits per heavy atom. The molecule has 2 N–H and O–H groups in total. The van der Waals surface area contributed by atoms with E-state index in [9.17, 15) is 4.39 Å². The molecule has 0 saturated carbocycles. The highest BCUT2D eigenvalue weighted by atomic mass is 32.1. The second-order valence-corrected chi connectivity index (χ2v) is 6.18. The second kappa shape index (κ2) is 4.31. The average molecular weight is 287 g/mol. The third-order valence-corrected chi connectivity index (χ3v) is 5.01. The predicted octanol–water partition coefficient (Wildman–Crippen LogP) is 3.74. The van der Waals surface area contributed by atoms with E-state index in [0.29, 0.717) is 5.95 Å². The summed E-state index contributed by atoms with van der Waals surface area (Å²) < 4.78 is 15.5. The van der Waals surface area contributed by atoms with Crippen LogP contribution < -0.4 is 5.73 Å². The van der Waals surface area contributed by atoms with Crippen LogP contribution >= 0.6 is 11.3 Å². The van der Waals surface area contributed by atoms with E-state index in [2.05, 4.69) is 16.4 Å². The van der Waals surface area contributed by atoms with Gasteiger partial charge in [-0.25, -0.2) is 9.37 Å². The molecule has 102 valence electrons. The van der Waals surface area contributed by atoms with Crippen LogP contribution in [0.4, 0.5) is 10.3 Å². The van der Waals surface area contributed by atoms with Crippen LogP contribution in [0.25, 0.3) is 11.0 Å². The molecule has 0 amide bonds. The van der Waals surface area contributed by atoms with Gasteiger partial charge in [-0.15, -0.1) is 11.3 Å². The molecule has 0 aliphatic heterocycles. The molecule has 1 aliphatic rings. The van der Waals surface area contributed by atoms with E-state index in [4.69, 9.17) is 5.73 Å². The Kier molecular flexibility index (Phi) is 2.57. The fourth-order valence-corrected chi connectivity index (χ4v) is 4.12. The Bertz CT molecular complexity index is 790. The monoisotopic (exact) mass is 287 g/mol. The summed E-state index contributed by atoms with van der Waals surface area (Å²) in [6, 6.07) is 6.98. The van der Waals surface area contributed by atoms with Gasteiger partial charge < -0.3 is 10.3 Å². The second-order valence-electron chi connectivity index (χ2n) is 5.18. The first-order valence-electron chi connectivity index (χ1n) is 6.73. The van der Waals surface area contributed by atoms with Crippen molar-refractivity contribution in [3.63, 3.8) is 0 Å². The zero-order valence-corrected chi connectivity index (χ0v) is 11.7. The normalized spacial score (nSPS) is 18.4. The maximum Gasteiger partial charge on any atom is 0.201 e. The summed E-state index contributed by atoms with van der Waals surface area (Å²) in [6.45, 7) is 0. The summed E-state index contributed by atoms with van der Waals surface area (Å²) in [7, 11) is 0. The number of benzene rings is 1. The number of nitrogen functional groups attached to an aromatic ring is 1. The maximum atomic E-state index is 13.5. The molecule has 0 saturated heterocycles. The highest BCUT2D eigenvalue weighted by Crippen LogP contribution is 2.39. The number of aryl methyl sites for hydroxylation is 1. The third kappa shape index (κ3) is 1.66. The number of halogens is 1. The standard InChI is InChI=1S/C15H14FN3S/c16-9-4-5-11-13(8-9)19(15(17)18-11)12-2-1-3-14-10(12)6-7-20-14/h4-8,12H,1-3H2,(H2,17,18). The van der Waals surface area contributed by atoms with Crippen LogP contribution in [0, 0.1) is 5.82 Å². The molecule has 1 aromatic carbocycles. The molecule has 0 spiro atoms. The van der Waals surface area contributed by atoms with Crippen molar-refractivity contribution in [2.45, 2.75) is 25.3 Å². The first kappa shape index (κ1) is 11.9. The molecule has 4 rings (SSSR count). The molecule has 1 atom stereocenters. The number of rotatable bonds is 1. The summed E-state index contributed by atoms with van der Waals surface area (Å²) >= 11 is 1.79. The molecular weight excluding hydrogens is 273 g/mol. The summed E-state index contributed by atoms with van der Waals surface area (Å²) in [6.07, 6.45) is 3.28. The lowest BCUT2D eigenvalue weighted by atomic mass is 9.93. The molecular formula is C15H14FN3S. The van der Waals surface area contributed by atoms with Crippen molar-refractivity contribution in [2.75, 3.05) is 5.73 Å². The Hall–Kier alpha value is -1.88. The number of thiophene rings is 1. The van der Waals surface area contributed by atoms with Gasteiger partial charge >= 0.3 is 0 Å². The molecule has 2 aromatic heterocycles. The number of nitrogens with zero attached hydrogens (tertiary/aromatic N) is 2. The van der Waals surface area contributed by atoms with Gasteiger partial charge in [-0.2, -0.15) is 0 Å². The summed E-state index contributed by atoms with van der Waals surface area (Å²) in [4.78, 5) is 5.78. The van der Waals surface area contributed by atoms with Crippen molar-refractivity contribution in [2.24, 2.45) is 0 Å². The number of aromatic nitrogens is 2. The molecule has 3 aromatic rings. The quantitative estimate of drug-likeness (QED) is 0.741. The van der Waals surface area contributed by atoms with Gasteiger partial charge in [-0.05, 0) is 54.5 Å². The van der Waals surface area contributed by atoms with Gasteiger partial charge in [0.1, 0.15) is 5.82 Å². The number of nitrogens with two attached hydrogens (primary N) is 1. The fourth-order valence-electron chi connectivity index (χ4n) is 3.14. The topological polar surface area (TPSA) is 43.8 Å². The first-order chi connectivity index (χ1) is 9.74. The van der Waals surface area contributed by atoms with Gasteiger partial charge in [0.05, 0.1) is 17.1 Å². The van der Waals surface area contributed by atoms with Gasteiger partial charge in [0.15, 0.2) is 0 Å². The molecule has 0 bridgehead atoms. The molecule has 0 radical (unpaired) electrons. The Labute approximate surface area is 119 Å². The molecule has 1 unspecified atom stereocenters. The molecule has 2 heterocycles. The van der Waals surface area contributed by atoms with Crippen LogP contribution in [0.3, 0.4) is 0 Å². The van der Waals surface area contributed by atoms with Crippen LogP contribution in [0.2, 0.25) is 0 Å². The molecule has 0 fully saturated rings. The molecule has 3 nitrogen and oxygen atoms in total. The number of anilines is 1. The van der Waals surface area contributed by atoms with Gasteiger partial charge in [-0.3, -0.25) is 0 Å². The van der Waals surface area contributed by atoms with Gasteiger partial charge in [-0.1, -0.05) is 0 Å². The van der Waals surface area contributed by atoms with Crippen molar-refractivity contribution in [3.05, 3.63) is 45.9 Å². The fraction of sp³-hybridized carbons (Fsp3) is 0.267. The first-order valence-corrected chi connectivity index (χ1v) is 7.61. The van der Waals surface area contributed by atoms with E-state index in [1.165, 1.54) is 22.6 Å². The largest absolute Gasteiger partial charge is 0.369 e. The van der Waals surface area contributed by atoms with Crippen LogP contribution in [0.1, 0.15) is 29.3 Å². The van der Waals surface area contributed by atoms with E-state index < -0.39 is 0 Å². The van der Waals surface area contributed by atoms with Gasteiger partial charge in [0, 0.05) is 4.88 Å². The van der Waals surface area contributed by atoms with Crippen LogP contribution in [-0.2, 0) is 6.42 Å². The van der Waals surface area contributed by atoms with Crippen molar-refractivity contribution in [1.82, 2.24) is 9.55 Å². The average Bonchev–Trinajstić information content (AvgIpc) is 3.02. The lowest BCUT2D eigenvalue weighted by Crippen LogP contribution is -2.17. The van der Waals surface area contributed by atoms with Crippen LogP contribution in [0.5, 0.6) is 0 Å². The van der Waals surface area contributed by atoms with E-state index >= 15 is 0 Å². The number of hydrogen-bond acceptors (Lipinski definition) is 3. The summed E-state index contributed by atoms with van der Waals surface area (Å²) in [5, 5.41) is 2.12. The molecule has 20 heavy (non-hydrogen) atoms. The number of hydrogen-bond donors (Lipinski definition) is 1.